The van der Waals surface area contributed by atoms with Crippen molar-refractivity contribution in [1.82, 2.24) is 4.90 Å². The van der Waals surface area contributed by atoms with Crippen molar-refractivity contribution in [3.8, 4) is 0 Å². The molecule has 0 bridgehead atoms. The van der Waals surface area contributed by atoms with Crippen molar-refractivity contribution < 1.29 is 19.5 Å². The number of hydrogen-bond acceptors (Lipinski definition) is 4. The van der Waals surface area contributed by atoms with E-state index >= 15 is 0 Å². The van der Waals surface area contributed by atoms with Crippen LogP contribution in [0.2, 0.25) is 0 Å². The molecule has 1 aliphatic heterocycles. The Hall–Kier alpha value is -2.02. The van der Waals surface area contributed by atoms with Crippen LogP contribution in [-0.2, 0) is 14.4 Å². The second-order valence-electron chi connectivity index (χ2n) is 5.25. The maximum Gasteiger partial charge on any atom is 0.308 e. The van der Waals surface area contributed by atoms with Gasteiger partial charge in [-0.3, -0.25) is 14.4 Å². The van der Waals surface area contributed by atoms with Crippen molar-refractivity contribution in [2.75, 3.05) is 30.8 Å². The summed E-state index contributed by atoms with van der Waals surface area (Å²) < 4.78 is 0. The molecule has 1 atom stereocenters. The number of nitrogens with zero attached hydrogens (tertiary/aromatic N) is 2. The minimum absolute atomic E-state index is 0.0702. The summed E-state index contributed by atoms with van der Waals surface area (Å²) in [7, 11) is 1.55. The Kier molecular flexibility index (Phi) is 5.07. The first-order valence-corrected chi connectivity index (χ1v) is 7.87. The lowest BCUT2D eigenvalue weighted by Crippen LogP contribution is -2.45. The van der Waals surface area contributed by atoms with Crippen LogP contribution in [0.3, 0.4) is 0 Å². The summed E-state index contributed by atoms with van der Waals surface area (Å²) in [5.41, 5.74) is 0.733. The largest absolute Gasteiger partial charge is 0.481 e. The lowest BCUT2D eigenvalue weighted by atomic mass is 10.2. The normalized spacial score (nSPS) is 15.2. The molecule has 0 radical (unpaired) electrons. The second kappa shape index (κ2) is 6.83. The first kappa shape index (κ1) is 16.4. The molecule has 0 saturated carbocycles. The lowest BCUT2D eigenvalue weighted by Gasteiger charge is -2.30. The van der Waals surface area contributed by atoms with Crippen LogP contribution in [0.5, 0.6) is 0 Å². The van der Waals surface area contributed by atoms with E-state index in [2.05, 4.69) is 0 Å². The Bertz CT molecular complexity index is 605. The fourth-order valence-electron chi connectivity index (χ4n) is 2.17. The minimum Gasteiger partial charge on any atom is -0.481 e. The summed E-state index contributed by atoms with van der Waals surface area (Å²) in [6.07, 6.45) is 0. The van der Waals surface area contributed by atoms with E-state index in [4.69, 9.17) is 5.11 Å². The van der Waals surface area contributed by atoms with Crippen molar-refractivity contribution >= 4 is 35.2 Å². The summed E-state index contributed by atoms with van der Waals surface area (Å²) in [5, 5.41) is 8.90. The quantitative estimate of drug-likeness (QED) is 0.884. The standard InChI is InChI=1S/C15H18N2O4S/c1-10(15(20)21)7-16(2)13(18)8-17-11-5-3-4-6-12(11)22-9-14(17)19/h3-6,10H,7-9H2,1-2H3,(H,20,21). The number of anilines is 1. The number of likely N-dealkylation sites (N-methyl/N-ethyl adjacent to an activating group) is 1. The molecule has 1 unspecified atom stereocenters. The van der Waals surface area contributed by atoms with Crippen LogP contribution in [0, 0.1) is 5.92 Å². The highest BCUT2D eigenvalue weighted by Crippen LogP contribution is 2.34. The topological polar surface area (TPSA) is 77.9 Å². The van der Waals surface area contributed by atoms with E-state index < -0.39 is 11.9 Å². The average Bonchev–Trinajstić information content (AvgIpc) is 2.49. The molecule has 0 saturated heterocycles. The summed E-state index contributed by atoms with van der Waals surface area (Å²) in [5.74, 6) is -1.68. The smallest absolute Gasteiger partial charge is 0.308 e. The van der Waals surface area contributed by atoms with E-state index in [0.717, 1.165) is 10.6 Å². The second-order valence-corrected chi connectivity index (χ2v) is 6.27. The van der Waals surface area contributed by atoms with Crippen molar-refractivity contribution in [2.45, 2.75) is 11.8 Å². The lowest BCUT2D eigenvalue weighted by molar-refractivity contribution is -0.142. The molecule has 6 nitrogen and oxygen atoms in total. The van der Waals surface area contributed by atoms with E-state index in [1.807, 2.05) is 24.3 Å². The molecular formula is C15H18N2O4S. The van der Waals surface area contributed by atoms with Gasteiger partial charge >= 0.3 is 5.97 Å². The molecule has 1 N–H and O–H groups in total. The molecule has 1 aromatic rings. The van der Waals surface area contributed by atoms with Crippen LogP contribution in [0.4, 0.5) is 5.69 Å². The summed E-state index contributed by atoms with van der Waals surface area (Å²) in [6.45, 7) is 1.59. The van der Waals surface area contributed by atoms with Gasteiger partial charge in [-0.2, -0.15) is 0 Å². The van der Waals surface area contributed by atoms with Crippen LogP contribution in [0.1, 0.15) is 6.92 Å². The Morgan fingerprint density at radius 3 is 2.77 bits per heavy atom. The van der Waals surface area contributed by atoms with Crippen molar-refractivity contribution in [3.63, 3.8) is 0 Å². The molecule has 1 aromatic carbocycles. The zero-order chi connectivity index (χ0) is 16.3. The number of hydrogen-bond donors (Lipinski definition) is 1. The first-order valence-electron chi connectivity index (χ1n) is 6.89. The van der Waals surface area contributed by atoms with Crippen LogP contribution in [0.25, 0.3) is 0 Å². The third-order valence-corrected chi connectivity index (χ3v) is 4.54. The number of carbonyl (C=O) groups excluding carboxylic acids is 2. The number of amides is 2. The molecule has 2 rings (SSSR count). The van der Waals surface area contributed by atoms with Crippen molar-refractivity contribution in [3.05, 3.63) is 24.3 Å². The maximum atomic E-state index is 12.3. The molecule has 0 spiro atoms. The average molecular weight is 322 g/mol. The van der Waals surface area contributed by atoms with Crippen LogP contribution < -0.4 is 4.90 Å². The molecule has 118 valence electrons. The molecule has 1 aliphatic rings. The number of rotatable bonds is 5. The number of fused-ring (bicyclic) bond motifs is 1. The Balaban J connectivity index is 2.08. The van der Waals surface area contributed by atoms with Gasteiger partial charge in [-0.15, -0.1) is 11.8 Å². The molecule has 2 amide bonds. The van der Waals surface area contributed by atoms with Gasteiger partial charge in [-0.1, -0.05) is 19.1 Å². The van der Waals surface area contributed by atoms with Gasteiger partial charge in [0.2, 0.25) is 11.8 Å². The third-order valence-electron chi connectivity index (χ3n) is 3.50. The Morgan fingerprint density at radius 2 is 2.09 bits per heavy atom. The number of aliphatic carboxylic acids is 1. The van der Waals surface area contributed by atoms with Gasteiger partial charge in [0.15, 0.2) is 0 Å². The van der Waals surface area contributed by atoms with Crippen LogP contribution in [0.15, 0.2) is 29.2 Å². The highest BCUT2D eigenvalue weighted by atomic mass is 32.2. The molecule has 7 heteroatoms. The SMILES string of the molecule is CC(CN(C)C(=O)CN1C(=O)CSc2ccccc21)C(=O)O. The number of thioether (sulfide) groups is 1. The van der Waals surface area contributed by atoms with E-state index in [-0.39, 0.29) is 24.9 Å². The molecule has 0 fully saturated rings. The van der Waals surface area contributed by atoms with Gasteiger partial charge in [0, 0.05) is 18.5 Å². The van der Waals surface area contributed by atoms with Gasteiger partial charge in [0.1, 0.15) is 6.54 Å². The zero-order valence-electron chi connectivity index (χ0n) is 12.5. The Labute approximate surface area is 133 Å². The number of benzene rings is 1. The van der Waals surface area contributed by atoms with E-state index in [9.17, 15) is 14.4 Å². The molecule has 0 aliphatic carbocycles. The van der Waals surface area contributed by atoms with Crippen LogP contribution >= 0.6 is 11.8 Å². The van der Waals surface area contributed by atoms with E-state index in [0.29, 0.717) is 5.75 Å². The van der Waals surface area contributed by atoms with E-state index in [1.54, 1.807) is 14.0 Å². The van der Waals surface area contributed by atoms with Gasteiger partial charge in [0.25, 0.3) is 0 Å². The van der Waals surface area contributed by atoms with Gasteiger partial charge in [-0.05, 0) is 12.1 Å². The zero-order valence-corrected chi connectivity index (χ0v) is 13.3. The first-order chi connectivity index (χ1) is 10.4. The molecule has 1 heterocycles. The van der Waals surface area contributed by atoms with Crippen molar-refractivity contribution in [2.24, 2.45) is 5.92 Å². The van der Waals surface area contributed by atoms with Gasteiger partial charge < -0.3 is 14.9 Å². The summed E-state index contributed by atoms with van der Waals surface area (Å²) >= 11 is 1.46. The Morgan fingerprint density at radius 1 is 1.41 bits per heavy atom. The number of carboxylic acids is 1. The molecule has 22 heavy (non-hydrogen) atoms. The van der Waals surface area contributed by atoms with Gasteiger partial charge in [-0.25, -0.2) is 0 Å². The maximum absolute atomic E-state index is 12.3. The monoisotopic (exact) mass is 322 g/mol. The fourth-order valence-corrected chi connectivity index (χ4v) is 3.11. The molecule has 0 aromatic heterocycles. The third kappa shape index (κ3) is 3.59. The van der Waals surface area contributed by atoms with E-state index in [1.165, 1.54) is 21.6 Å². The highest BCUT2D eigenvalue weighted by Gasteiger charge is 2.27. The number of para-hydroxylation sites is 1. The van der Waals surface area contributed by atoms with Gasteiger partial charge in [0.05, 0.1) is 17.4 Å². The number of carboxylic acid groups (broad SMARTS) is 1. The summed E-state index contributed by atoms with van der Waals surface area (Å²) in [4.78, 5) is 39.0. The predicted octanol–water partition coefficient (Wildman–Crippen LogP) is 1.30. The molecular weight excluding hydrogens is 304 g/mol. The summed E-state index contributed by atoms with van der Waals surface area (Å²) in [6, 6.07) is 7.45. The van der Waals surface area contributed by atoms with Crippen LogP contribution in [-0.4, -0.2) is 53.7 Å². The highest BCUT2D eigenvalue weighted by molar-refractivity contribution is 8.00. The number of carbonyl (C=O) groups is 3. The predicted molar refractivity (Wildman–Crippen MR) is 84.0 cm³/mol. The van der Waals surface area contributed by atoms with Crippen molar-refractivity contribution in [1.29, 1.82) is 0 Å². The fraction of sp³-hybridized carbons (Fsp3) is 0.400. The minimum atomic E-state index is -0.949.